The zero-order chi connectivity index (χ0) is 12.4. The predicted molar refractivity (Wildman–Crippen MR) is 64.7 cm³/mol. The molecule has 2 rings (SSSR count). The summed E-state index contributed by atoms with van der Waals surface area (Å²) in [4.78, 5) is 0. The van der Waals surface area contributed by atoms with Crippen molar-refractivity contribution in [3.05, 3.63) is 34.7 Å². The van der Waals surface area contributed by atoms with E-state index in [9.17, 15) is 4.39 Å². The van der Waals surface area contributed by atoms with E-state index >= 15 is 0 Å². The van der Waals surface area contributed by atoms with E-state index in [1.807, 2.05) is 6.92 Å². The first-order valence-electron chi connectivity index (χ1n) is 5.29. The Balaban J connectivity index is 2.52. The number of nitrogen functional groups attached to an aromatic ring is 1. The van der Waals surface area contributed by atoms with Crippen molar-refractivity contribution in [3.63, 3.8) is 0 Å². The molecule has 17 heavy (non-hydrogen) atoms. The molecule has 4 nitrogen and oxygen atoms in total. The molecule has 90 valence electrons. The second kappa shape index (κ2) is 4.71. The third-order valence-corrected chi connectivity index (χ3v) is 2.72. The molecule has 0 fully saturated rings. The van der Waals surface area contributed by atoms with Crippen LogP contribution in [0.5, 0.6) is 0 Å². The average Bonchev–Trinajstić information content (AvgIpc) is 2.62. The van der Waals surface area contributed by atoms with Crippen LogP contribution in [0.15, 0.2) is 18.2 Å². The lowest BCUT2D eigenvalue weighted by atomic mass is 10.2. The topological polar surface area (TPSA) is 56.7 Å². The molecule has 1 aromatic carbocycles. The van der Waals surface area contributed by atoms with E-state index in [1.54, 1.807) is 10.7 Å². The van der Waals surface area contributed by atoms with Gasteiger partial charge in [0.1, 0.15) is 5.82 Å². The van der Waals surface area contributed by atoms with Crippen LogP contribution in [-0.2, 0) is 6.42 Å². The smallest absolute Gasteiger partial charge is 0.169 e. The number of nitrogens with two attached hydrogens (primary N) is 1. The highest BCUT2D eigenvalue weighted by Gasteiger charge is 2.13. The van der Waals surface area contributed by atoms with Gasteiger partial charge in [-0.25, -0.2) is 9.07 Å². The van der Waals surface area contributed by atoms with Gasteiger partial charge in [-0.15, -0.1) is 5.10 Å². The first-order chi connectivity index (χ1) is 8.13. The van der Waals surface area contributed by atoms with Gasteiger partial charge in [0.2, 0.25) is 0 Å². The van der Waals surface area contributed by atoms with Crippen molar-refractivity contribution in [2.75, 3.05) is 5.73 Å². The summed E-state index contributed by atoms with van der Waals surface area (Å²) in [6, 6.07) is 4.13. The molecule has 0 aliphatic heterocycles. The zero-order valence-electron chi connectivity index (χ0n) is 9.32. The predicted octanol–water partition coefficient (Wildman–Crippen LogP) is 2.59. The van der Waals surface area contributed by atoms with Crippen LogP contribution in [0.25, 0.3) is 5.69 Å². The van der Waals surface area contributed by atoms with Gasteiger partial charge < -0.3 is 5.73 Å². The molecule has 6 heteroatoms. The fraction of sp³-hybridized carbons (Fsp3) is 0.273. The SMILES string of the molecule is CCCc1c(N)nnn1-c1ccc(F)cc1Cl. The van der Waals surface area contributed by atoms with Gasteiger partial charge in [0.05, 0.1) is 16.4 Å². The molecular weight excluding hydrogens is 243 g/mol. The minimum atomic E-state index is -0.385. The summed E-state index contributed by atoms with van der Waals surface area (Å²) in [6.45, 7) is 2.03. The first-order valence-corrected chi connectivity index (χ1v) is 5.66. The lowest BCUT2D eigenvalue weighted by Crippen LogP contribution is -2.04. The summed E-state index contributed by atoms with van der Waals surface area (Å²) in [7, 11) is 0. The van der Waals surface area contributed by atoms with Crippen LogP contribution in [0.4, 0.5) is 10.2 Å². The van der Waals surface area contributed by atoms with Crippen LogP contribution in [0.2, 0.25) is 5.02 Å². The highest BCUT2D eigenvalue weighted by atomic mass is 35.5. The number of aromatic nitrogens is 3. The van der Waals surface area contributed by atoms with Crippen LogP contribution in [0.3, 0.4) is 0 Å². The maximum Gasteiger partial charge on any atom is 0.169 e. The fourth-order valence-electron chi connectivity index (χ4n) is 1.63. The molecule has 0 amide bonds. The second-order valence-electron chi connectivity index (χ2n) is 3.68. The molecule has 0 saturated heterocycles. The van der Waals surface area contributed by atoms with E-state index in [1.165, 1.54) is 12.1 Å². The van der Waals surface area contributed by atoms with E-state index in [0.717, 1.165) is 18.5 Å². The number of nitrogens with zero attached hydrogens (tertiary/aromatic N) is 3. The summed E-state index contributed by atoms with van der Waals surface area (Å²) in [5.74, 6) is -0.00359. The molecule has 2 aromatic rings. The van der Waals surface area contributed by atoms with Crippen molar-refractivity contribution in [2.45, 2.75) is 19.8 Å². The van der Waals surface area contributed by atoms with Crippen LogP contribution in [0.1, 0.15) is 19.0 Å². The van der Waals surface area contributed by atoms with E-state index in [4.69, 9.17) is 17.3 Å². The van der Waals surface area contributed by atoms with Crippen molar-refractivity contribution in [1.82, 2.24) is 15.0 Å². The molecule has 0 spiro atoms. The summed E-state index contributed by atoms with van der Waals surface area (Å²) >= 11 is 5.98. The van der Waals surface area contributed by atoms with E-state index in [0.29, 0.717) is 11.5 Å². The number of halogens is 2. The summed E-state index contributed by atoms with van der Waals surface area (Å²) in [5, 5.41) is 8.03. The van der Waals surface area contributed by atoms with Gasteiger partial charge in [-0.2, -0.15) is 0 Å². The van der Waals surface area contributed by atoms with Gasteiger partial charge in [-0.05, 0) is 24.6 Å². The van der Waals surface area contributed by atoms with E-state index in [-0.39, 0.29) is 10.8 Å². The number of rotatable bonds is 3. The Labute approximate surface area is 103 Å². The molecule has 0 atom stereocenters. The van der Waals surface area contributed by atoms with Crippen LogP contribution in [-0.4, -0.2) is 15.0 Å². The third kappa shape index (κ3) is 2.24. The largest absolute Gasteiger partial charge is 0.381 e. The molecule has 0 bridgehead atoms. The Morgan fingerprint density at radius 2 is 2.24 bits per heavy atom. The summed E-state index contributed by atoms with van der Waals surface area (Å²) in [5.41, 5.74) is 7.11. The summed E-state index contributed by atoms with van der Waals surface area (Å²) in [6.07, 6.45) is 1.66. The minimum Gasteiger partial charge on any atom is -0.381 e. The molecule has 0 unspecified atom stereocenters. The normalized spacial score (nSPS) is 10.8. The number of anilines is 1. The van der Waals surface area contributed by atoms with Gasteiger partial charge in [0.15, 0.2) is 5.82 Å². The zero-order valence-corrected chi connectivity index (χ0v) is 10.1. The van der Waals surface area contributed by atoms with Crippen molar-refractivity contribution < 1.29 is 4.39 Å². The molecule has 2 N–H and O–H groups in total. The van der Waals surface area contributed by atoms with Gasteiger partial charge in [-0.1, -0.05) is 30.2 Å². The Morgan fingerprint density at radius 1 is 1.47 bits per heavy atom. The highest BCUT2D eigenvalue weighted by molar-refractivity contribution is 6.32. The maximum atomic E-state index is 13.0. The Bertz CT molecular complexity index is 538. The third-order valence-electron chi connectivity index (χ3n) is 2.42. The Morgan fingerprint density at radius 3 is 2.88 bits per heavy atom. The molecule has 1 heterocycles. The van der Waals surface area contributed by atoms with E-state index < -0.39 is 0 Å². The molecular formula is C11H12ClFN4. The molecule has 0 aliphatic rings. The lowest BCUT2D eigenvalue weighted by Gasteiger charge is -2.07. The number of hydrogen-bond acceptors (Lipinski definition) is 3. The standard InChI is InChI=1S/C11H12ClFN4/c1-2-3-10-11(14)15-16-17(10)9-5-4-7(13)6-8(9)12/h4-6H,2-3,14H2,1H3. The van der Waals surface area contributed by atoms with Crippen molar-refractivity contribution >= 4 is 17.4 Å². The number of benzene rings is 1. The molecule has 0 aliphatic carbocycles. The maximum absolute atomic E-state index is 13.0. The summed E-state index contributed by atoms with van der Waals surface area (Å²) < 4.78 is 14.5. The minimum absolute atomic E-state index is 0.284. The van der Waals surface area contributed by atoms with Gasteiger partial charge in [0, 0.05) is 0 Å². The van der Waals surface area contributed by atoms with Crippen molar-refractivity contribution in [1.29, 1.82) is 0 Å². The molecule has 1 aromatic heterocycles. The Kier molecular flexibility index (Phi) is 3.28. The van der Waals surface area contributed by atoms with E-state index in [2.05, 4.69) is 10.3 Å². The molecule has 0 radical (unpaired) electrons. The van der Waals surface area contributed by atoms with Crippen molar-refractivity contribution in [2.24, 2.45) is 0 Å². The number of hydrogen-bond donors (Lipinski definition) is 1. The van der Waals surface area contributed by atoms with Crippen molar-refractivity contribution in [3.8, 4) is 5.69 Å². The highest BCUT2D eigenvalue weighted by Crippen LogP contribution is 2.24. The van der Waals surface area contributed by atoms with Crippen LogP contribution >= 0.6 is 11.6 Å². The van der Waals surface area contributed by atoms with Gasteiger partial charge in [-0.3, -0.25) is 0 Å². The fourth-order valence-corrected chi connectivity index (χ4v) is 1.88. The average molecular weight is 255 g/mol. The second-order valence-corrected chi connectivity index (χ2v) is 4.09. The van der Waals surface area contributed by atoms with Crippen LogP contribution in [0, 0.1) is 5.82 Å². The lowest BCUT2D eigenvalue weighted by molar-refractivity contribution is 0.626. The van der Waals surface area contributed by atoms with Gasteiger partial charge in [0.25, 0.3) is 0 Å². The monoisotopic (exact) mass is 254 g/mol. The molecule has 0 saturated carbocycles. The Hall–Kier alpha value is -1.62. The van der Waals surface area contributed by atoms with Crippen LogP contribution < -0.4 is 5.73 Å². The first kappa shape index (κ1) is 11.9. The quantitative estimate of drug-likeness (QED) is 0.916. The van der Waals surface area contributed by atoms with Gasteiger partial charge >= 0.3 is 0 Å².